The van der Waals surface area contributed by atoms with Crippen molar-refractivity contribution in [1.82, 2.24) is 20.4 Å². The van der Waals surface area contributed by atoms with E-state index in [1.807, 2.05) is 30.5 Å². The van der Waals surface area contributed by atoms with Gasteiger partial charge in [-0.2, -0.15) is 5.10 Å². The number of aromatic nitrogens is 2. The number of fused-ring (bicyclic) bond motifs is 1. The highest BCUT2D eigenvalue weighted by Crippen LogP contribution is 2.29. The third-order valence-corrected chi connectivity index (χ3v) is 4.56. The van der Waals surface area contributed by atoms with Crippen LogP contribution in [0.1, 0.15) is 53.0 Å². The summed E-state index contributed by atoms with van der Waals surface area (Å²) >= 11 is 0. The molecule has 0 saturated carbocycles. The molecule has 0 spiro atoms. The van der Waals surface area contributed by atoms with Gasteiger partial charge in [0.05, 0.1) is 6.20 Å². The van der Waals surface area contributed by atoms with E-state index in [1.54, 1.807) is 7.05 Å². The fourth-order valence-electron chi connectivity index (χ4n) is 3.26. The highest BCUT2D eigenvalue weighted by atomic mass is 16.1. The van der Waals surface area contributed by atoms with Crippen LogP contribution < -0.4 is 10.6 Å². The van der Waals surface area contributed by atoms with Crippen LogP contribution >= 0.6 is 0 Å². The fourth-order valence-corrected chi connectivity index (χ4v) is 3.26. The smallest absolute Gasteiger partial charge is 0.251 e. The van der Waals surface area contributed by atoms with Crippen LogP contribution in [-0.4, -0.2) is 22.7 Å². The van der Waals surface area contributed by atoms with E-state index in [0.717, 1.165) is 25.9 Å². The molecule has 1 heterocycles. The zero-order valence-electron chi connectivity index (χ0n) is 13.8. The lowest BCUT2D eigenvalue weighted by Gasteiger charge is -2.24. The van der Waals surface area contributed by atoms with Crippen LogP contribution in [0.3, 0.4) is 0 Å². The van der Waals surface area contributed by atoms with E-state index < -0.39 is 0 Å². The Balaban J connectivity index is 1.65. The molecule has 1 amide bonds. The van der Waals surface area contributed by atoms with Gasteiger partial charge in [0.25, 0.3) is 5.91 Å². The van der Waals surface area contributed by atoms with Crippen LogP contribution in [-0.2, 0) is 19.5 Å². The van der Waals surface area contributed by atoms with Gasteiger partial charge < -0.3 is 10.6 Å². The van der Waals surface area contributed by atoms with Crippen molar-refractivity contribution in [1.29, 1.82) is 0 Å². The van der Waals surface area contributed by atoms with Crippen LogP contribution in [0.4, 0.5) is 0 Å². The van der Waals surface area contributed by atoms with E-state index in [4.69, 9.17) is 0 Å². The molecule has 2 aromatic rings. The van der Waals surface area contributed by atoms with Crippen molar-refractivity contribution in [2.75, 3.05) is 7.05 Å². The third-order valence-electron chi connectivity index (χ3n) is 4.56. The number of amides is 1. The molecule has 1 aliphatic carbocycles. The standard InChI is InChI=1S/C18H24N4O/c1-3-22-17-6-4-5-16(15(17)12-21-22)20-11-13-7-9-14(10-8-13)18(23)19-2/h7-10,12,16,20H,3-6,11H2,1-2H3,(H,19,23). The predicted molar refractivity (Wildman–Crippen MR) is 90.3 cm³/mol. The summed E-state index contributed by atoms with van der Waals surface area (Å²) in [6.45, 7) is 3.87. The van der Waals surface area contributed by atoms with Crippen molar-refractivity contribution in [3.63, 3.8) is 0 Å². The highest BCUT2D eigenvalue weighted by molar-refractivity contribution is 5.93. The third kappa shape index (κ3) is 3.29. The molecule has 0 radical (unpaired) electrons. The minimum absolute atomic E-state index is 0.0478. The van der Waals surface area contributed by atoms with Crippen LogP contribution in [0.15, 0.2) is 30.5 Å². The molecule has 1 aromatic carbocycles. The van der Waals surface area contributed by atoms with Gasteiger partial charge in [-0.1, -0.05) is 12.1 Å². The van der Waals surface area contributed by atoms with Gasteiger partial charge in [-0.05, 0) is 43.9 Å². The molecule has 5 heteroatoms. The molecule has 1 unspecified atom stereocenters. The van der Waals surface area contributed by atoms with E-state index in [2.05, 4.69) is 27.3 Å². The second-order valence-electron chi connectivity index (χ2n) is 5.96. The largest absolute Gasteiger partial charge is 0.355 e. The van der Waals surface area contributed by atoms with Gasteiger partial charge >= 0.3 is 0 Å². The molecule has 1 aromatic heterocycles. The van der Waals surface area contributed by atoms with Crippen LogP contribution in [0, 0.1) is 0 Å². The average Bonchev–Trinajstić information content (AvgIpc) is 3.03. The van der Waals surface area contributed by atoms with E-state index in [0.29, 0.717) is 11.6 Å². The molecule has 0 aliphatic heterocycles. The van der Waals surface area contributed by atoms with Crippen molar-refractivity contribution >= 4 is 5.91 Å². The molecule has 0 saturated heterocycles. The Morgan fingerprint density at radius 2 is 2.13 bits per heavy atom. The first-order valence-electron chi connectivity index (χ1n) is 8.32. The first kappa shape index (κ1) is 15.7. The summed E-state index contributed by atoms with van der Waals surface area (Å²) in [5.41, 5.74) is 4.61. The van der Waals surface area contributed by atoms with E-state index in [-0.39, 0.29) is 5.91 Å². The molecule has 2 N–H and O–H groups in total. The Labute approximate surface area is 137 Å². The summed E-state index contributed by atoms with van der Waals surface area (Å²) < 4.78 is 2.11. The van der Waals surface area contributed by atoms with Crippen LogP contribution in [0.5, 0.6) is 0 Å². The molecule has 1 atom stereocenters. The maximum Gasteiger partial charge on any atom is 0.251 e. The average molecular weight is 312 g/mol. The Kier molecular flexibility index (Phi) is 4.76. The van der Waals surface area contributed by atoms with Crippen molar-refractivity contribution in [2.45, 2.75) is 45.3 Å². The normalized spacial score (nSPS) is 16.9. The topological polar surface area (TPSA) is 59.0 Å². The molecular formula is C18H24N4O. The Hall–Kier alpha value is -2.14. The molecule has 23 heavy (non-hydrogen) atoms. The molecule has 0 bridgehead atoms. The number of aryl methyl sites for hydroxylation is 1. The van der Waals surface area contributed by atoms with Gasteiger partial charge in [0.2, 0.25) is 0 Å². The monoisotopic (exact) mass is 312 g/mol. The number of nitrogens with zero attached hydrogens (tertiary/aromatic N) is 2. The highest BCUT2D eigenvalue weighted by Gasteiger charge is 2.23. The lowest BCUT2D eigenvalue weighted by Crippen LogP contribution is -2.25. The second kappa shape index (κ2) is 6.96. The molecule has 122 valence electrons. The number of carbonyl (C=O) groups is 1. The Morgan fingerprint density at radius 3 is 2.83 bits per heavy atom. The first-order valence-corrected chi connectivity index (χ1v) is 8.32. The van der Waals surface area contributed by atoms with Gasteiger partial charge in [0.1, 0.15) is 0 Å². The first-order chi connectivity index (χ1) is 11.2. The van der Waals surface area contributed by atoms with Crippen molar-refractivity contribution < 1.29 is 4.79 Å². The summed E-state index contributed by atoms with van der Waals surface area (Å²) in [6, 6.07) is 8.14. The number of hydrogen-bond donors (Lipinski definition) is 2. The van der Waals surface area contributed by atoms with E-state index in [1.165, 1.54) is 23.2 Å². The lowest BCUT2D eigenvalue weighted by atomic mass is 9.92. The van der Waals surface area contributed by atoms with Crippen molar-refractivity contribution in [2.24, 2.45) is 0 Å². The number of hydrogen-bond acceptors (Lipinski definition) is 3. The quantitative estimate of drug-likeness (QED) is 0.891. The molecule has 0 fully saturated rings. The molecular weight excluding hydrogens is 288 g/mol. The summed E-state index contributed by atoms with van der Waals surface area (Å²) in [6.07, 6.45) is 5.50. The fraction of sp³-hybridized carbons (Fsp3) is 0.444. The van der Waals surface area contributed by atoms with Gasteiger partial charge in [-0.25, -0.2) is 0 Å². The number of carbonyl (C=O) groups excluding carboxylic acids is 1. The summed E-state index contributed by atoms with van der Waals surface area (Å²) in [5, 5.41) is 10.8. The Morgan fingerprint density at radius 1 is 1.35 bits per heavy atom. The summed E-state index contributed by atoms with van der Waals surface area (Å²) in [7, 11) is 1.65. The van der Waals surface area contributed by atoms with Crippen LogP contribution in [0.2, 0.25) is 0 Å². The van der Waals surface area contributed by atoms with Crippen molar-refractivity contribution in [3.05, 3.63) is 52.8 Å². The number of rotatable bonds is 5. The molecule has 3 rings (SSSR count). The van der Waals surface area contributed by atoms with E-state index in [9.17, 15) is 4.79 Å². The molecule has 5 nitrogen and oxygen atoms in total. The molecule has 1 aliphatic rings. The summed E-state index contributed by atoms with van der Waals surface area (Å²) in [4.78, 5) is 11.6. The summed E-state index contributed by atoms with van der Waals surface area (Å²) in [5.74, 6) is -0.0478. The second-order valence-corrected chi connectivity index (χ2v) is 5.96. The zero-order valence-corrected chi connectivity index (χ0v) is 13.8. The number of nitrogens with one attached hydrogen (secondary N) is 2. The maximum absolute atomic E-state index is 11.6. The minimum atomic E-state index is -0.0478. The van der Waals surface area contributed by atoms with Crippen LogP contribution in [0.25, 0.3) is 0 Å². The van der Waals surface area contributed by atoms with Gasteiger partial charge in [0, 0.05) is 43.0 Å². The van der Waals surface area contributed by atoms with E-state index >= 15 is 0 Å². The Bertz CT molecular complexity index is 675. The minimum Gasteiger partial charge on any atom is -0.355 e. The zero-order chi connectivity index (χ0) is 16.2. The SMILES string of the molecule is CCn1ncc2c1CCCC2NCc1ccc(C(=O)NC)cc1. The number of benzene rings is 1. The van der Waals surface area contributed by atoms with Gasteiger partial charge in [-0.3, -0.25) is 9.48 Å². The van der Waals surface area contributed by atoms with Crippen molar-refractivity contribution in [3.8, 4) is 0 Å². The predicted octanol–water partition coefficient (Wildman–Crippen LogP) is 2.43. The van der Waals surface area contributed by atoms with Gasteiger partial charge in [-0.15, -0.1) is 0 Å². The lowest BCUT2D eigenvalue weighted by molar-refractivity contribution is 0.0963. The maximum atomic E-state index is 11.6. The van der Waals surface area contributed by atoms with Gasteiger partial charge in [0.15, 0.2) is 0 Å².